The normalized spacial score (nSPS) is 20.4. The minimum absolute atomic E-state index is 0. The van der Waals surface area contributed by atoms with Crippen LogP contribution >= 0.6 is 0 Å². The molecule has 1 radical (unpaired) electrons. The van der Waals surface area contributed by atoms with Gasteiger partial charge >= 0.3 is 22.3 Å². The van der Waals surface area contributed by atoms with Crippen molar-refractivity contribution in [1.82, 2.24) is 0 Å². The summed E-state index contributed by atoms with van der Waals surface area (Å²) in [5.74, 6) is -1.01. The molecule has 1 fully saturated rings. The van der Waals surface area contributed by atoms with Crippen LogP contribution in [0.5, 0.6) is 0 Å². The fourth-order valence-corrected chi connectivity index (χ4v) is 0.588. The maximum atomic E-state index is 10.3. The summed E-state index contributed by atoms with van der Waals surface area (Å²) in [4.78, 5) is 20.6. The van der Waals surface area contributed by atoms with E-state index in [0.29, 0.717) is 0 Å². The van der Waals surface area contributed by atoms with Crippen LogP contribution in [0.2, 0.25) is 0 Å². The minimum Gasteiger partial charge on any atom is -0.393 e. The standard InChI is InChI=1S/C5H6O3.Cu.H2O4S/c1-3-2-4(6)8-5(3)7;;1-5(2,3)4/h3H,2H2,1H3;;(H2,1,2,3,4). The van der Waals surface area contributed by atoms with Crippen LogP contribution < -0.4 is 0 Å². The molecule has 14 heavy (non-hydrogen) atoms. The third kappa shape index (κ3) is 9.62. The molecule has 1 aliphatic rings. The molecule has 9 heteroatoms. The van der Waals surface area contributed by atoms with E-state index in [1.165, 1.54) is 0 Å². The Balaban J connectivity index is 0. The van der Waals surface area contributed by atoms with E-state index in [0.717, 1.165) is 0 Å². The first-order chi connectivity index (χ1) is 5.70. The van der Waals surface area contributed by atoms with Crippen LogP contribution in [0.1, 0.15) is 13.3 Å². The fraction of sp³-hybridized carbons (Fsp3) is 0.600. The Bertz CT molecular complexity index is 300. The molecule has 1 unspecified atom stereocenters. The third-order valence-corrected chi connectivity index (χ3v) is 1.09. The third-order valence-electron chi connectivity index (χ3n) is 1.09. The van der Waals surface area contributed by atoms with Crippen molar-refractivity contribution in [3.63, 3.8) is 0 Å². The second kappa shape index (κ2) is 6.10. The second-order valence-electron chi connectivity index (χ2n) is 2.35. The molecule has 0 saturated carbocycles. The average molecular weight is 276 g/mol. The summed E-state index contributed by atoms with van der Waals surface area (Å²) >= 11 is 0. The molecule has 0 spiro atoms. The van der Waals surface area contributed by atoms with Gasteiger partial charge in [-0.25, -0.2) is 0 Å². The van der Waals surface area contributed by atoms with E-state index in [1.54, 1.807) is 6.92 Å². The number of esters is 2. The molecule has 2 N–H and O–H groups in total. The molecule has 1 heterocycles. The summed E-state index contributed by atoms with van der Waals surface area (Å²) in [6.07, 6.45) is 0.249. The largest absolute Gasteiger partial charge is 0.394 e. The van der Waals surface area contributed by atoms with Crippen molar-refractivity contribution in [2.45, 2.75) is 13.3 Å². The SMILES string of the molecule is CC1CC(=O)OC1=O.O=S(=O)(O)O.[Cu]. The molecular formula is C5H8CuO7S. The molecular weight excluding hydrogens is 268 g/mol. The van der Waals surface area contributed by atoms with E-state index < -0.39 is 22.3 Å². The topological polar surface area (TPSA) is 118 Å². The quantitative estimate of drug-likeness (QED) is 0.263. The molecule has 87 valence electrons. The number of cyclic esters (lactones) is 2. The molecule has 0 bridgehead atoms. The predicted octanol–water partition coefficient (Wildman–Crippen LogP) is -0.559. The number of carbonyl (C=O) groups is 2. The van der Waals surface area contributed by atoms with Crippen LogP contribution in [0.3, 0.4) is 0 Å². The molecule has 0 aromatic carbocycles. The average Bonchev–Trinajstić information content (AvgIpc) is 2.05. The molecule has 0 aromatic heterocycles. The first-order valence-corrected chi connectivity index (χ1v) is 4.54. The van der Waals surface area contributed by atoms with Crippen LogP contribution in [-0.2, 0) is 41.8 Å². The number of rotatable bonds is 0. The van der Waals surface area contributed by atoms with E-state index in [2.05, 4.69) is 4.74 Å². The number of carbonyl (C=O) groups excluding carboxylic acids is 2. The van der Waals surface area contributed by atoms with Gasteiger partial charge in [0.2, 0.25) is 0 Å². The summed E-state index contributed by atoms with van der Waals surface area (Å²) < 4.78 is 35.8. The molecule has 0 amide bonds. The van der Waals surface area contributed by atoms with Crippen molar-refractivity contribution in [3.05, 3.63) is 0 Å². The van der Waals surface area contributed by atoms with Crippen LogP contribution in [0.15, 0.2) is 0 Å². The Labute approximate surface area is 90.9 Å². The van der Waals surface area contributed by atoms with Crippen LogP contribution in [0, 0.1) is 5.92 Å². The molecule has 1 aliphatic heterocycles. The Kier molecular flexibility index (Phi) is 6.96. The van der Waals surface area contributed by atoms with Gasteiger partial charge in [0.25, 0.3) is 0 Å². The summed E-state index contributed by atoms with van der Waals surface area (Å²) in [6.45, 7) is 1.67. The van der Waals surface area contributed by atoms with Crippen molar-refractivity contribution >= 4 is 22.3 Å². The van der Waals surface area contributed by atoms with Crippen LogP contribution in [0.4, 0.5) is 0 Å². The maximum absolute atomic E-state index is 10.3. The van der Waals surface area contributed by atoms with Gasteiger partial charge in [-0.1, -0.05) is 6.92 Å². The van der Waals surface area contributed by atoms with E-state index in [9.17, 15) is 9.59 Å². The van der Waals surface area contributed by atoms with Gasteiger partial charge in [-0.05, 0) is 0 Å². The van der Waals surface area contributed by atoms with Gasteiger partial charge in [0.1, 0.15) is 0 Å². The Morgan fingerprint density at radius 2 is 1.71 bits per heavy atom. The number of hydrogen-bond acceptors (Lipinski definition) is 5. The number of ether oxygens (including phenoxy) is 1. The molecule has 0 aliphatic carbocycles. The van der Waals surface area contributed by atoms with E-state index in [-0.39, 0.29) is 29.4 Å². The van der Waals surface area contributed by atoms with Crippen molar-refractivity contribution < 1.29 is 48.9 Å². The molecule has 0 aromatic rings. The van der Waals surface area contributed by atoms with Gasteiger partial charge in [-0.2, -0.15) is 8.42 Å². The first kappa shape index (κ1) is 16.0. The smallest absolute Gasteiger partial charge is 0.393 e. The van der Waals surface area contributed by atoms with E-state index >= 15 is 0 Å². The molecule has 1 rings (SSSR count). The van der Waals surface area contributed by atoms with Crippen molar-refractivity contribution in [1.29, 1.82) is 0 Å². The van der Waals surface area contributed by atoms with E-state index in [4.69, 9.17) is 17.5 Å². The Morgan fingerprint density at radius 3 is 1.79 bits per heavy atom. The maximum Gasteiger partial charge on any atom is 0.394 e. The van der Waals surface area contributed by atoms with Crippen LogP contribution in [-0.4, -0.2) is 29.5 Å². The predicted molar refractivity (Wildman–Crippen MR) is 39.1 cm³/mol. The zero-order valence-electron chi connectivity index (χ0n) is 6.93. The van der Waals surface area contributed by atoms with Crippen LogP contribution in [0.25, 0.3) is 0 Å². The second-order valence-corrected chi connectivity index (χ2v) is 3.24. The molecule has 1 atom stereocenters. The van der Waals surface area contributed by atoms with Gasteiger partial charge in [-0.15, -0.1) is 0 Å². The molecule has 1 saturated heterocycles. The fourth-order valence-electron chi connectivity index (χ4n) is 0.588. The van der Waals surface area contributed by atoms with Crippen molar-refractivity contribution in [2.75, 3.05) is 0 Å². The van der Waals surface area contributed by atoms with Gasteiger partial charge in [0.05, 0.1) is 12.3 Å². The van der Waals surface area contributed by atoms with Crippen molar-refractivity contribution in [3.8, 4) is 0 Å². The zero-order valence-corrected chi connectivity index (χ0v) is 8.69. The first-order valence-electron chi connectivity index (χ1n) is 3.14. The Morgan fingerprint density at radius 1 is 1.36 bits per heavy atom. The summed E-state index contributed by atoms with van der Waals surface area (Å²) in [5, 5.41) is 0. The van der Waals surface area contributed by atoms with Crippen molar-refractivity contribution in [2.24, 2.45) is 5.92 Å². The summed E-state index contributed by atoms with van der Waals surface area (Å²) in [6, 6.07) is 0. The monoisotopic (exact) mass is 275 g/mol. The van der Waals surface area contributed by atoms with E-state index in [1.807, 2.05) is 0 Å². The summed E-state index contributed by atoms with van der Waals surface area (Å²) in [5.41, 5.74) is 0. The van der Waals surface area contributed by atoms with Gasteiger partial charge in [0.15, 0.2) is 0 Å². The van der Waals surface area contributed by atoms with Gasteiger partial charge < -0.3 is 4.74 Å². The number of hydrogen-bond donors (Lipinski definition) is 2. The zero-order chi connectivity index (χ0) is 10.6. The van der Waals surface area contributed by atoms with Gasteiger partial charge in [-0.3, -0.25) is 18.7 Å². The van der Waals surface area contributed by atoms with Gasteiger partial charge in [0, 0.05) is 17.1 Å². The Hall–Kier alpha value is -0.471. The molecule has 7 nitrogen and oxygen atoms in total. The summed E-state index contributed by atoms with van der Waals surface area (Å²) in [7, 11) is -4.67. The minimum atomic E-state index is -4.67.